The van der Waals surface area contributed by atoms with E-state index in [2.05, 4.69) is 10.2 Å². The molecule has 41 heavy (non-hydrogen) atoms. The van der Waals surface area contributed by atoms with Crippen LogP contribution >= 0.6 is 0 Å². The van der Waals surface area contributed by atoms with Crippen LogP contribution in [0.3, 0.4) is 0 Å². The van der Waals surface area contributed by atoms with E-state index in [4.69, 9.17) is 4.74 Å². The second-order valence-electron chi connectivity index (χ2n) is 11.1. The molecule has 2 saturated heterocycles. The molecule has 3 aromatic rings. The van der Waals surface area contributed by atoms with Gasteiger partial charge in [-0.05, 0) is 41.0 Å². The third-order valence-corrected chi connectivity index (χ3v) is 9.76. The fourth-order valence-corrected chi connectivity index (χ4v) is 6.70. The Morgan fingerprint density at radius 1 is 1.17 bits per heavy atom. The first kappa shape index (κ1) is 27.8. The van der Waals surface area contributed by atoms with Crippen LogP contribution in [-0.2, 0) is 46.3 Å². The van der Waals surface area contributed by atoms with Crippen molar-refractivity contribution in [1.29, 1.82) is 0 Å². The lowest BCUT2D eigenvalue weighted by Gasteiger charge is -2.43. The highest BCUT2D eigenvalue weighted by atomic mass is 32.2. The van der Waals surface area contributed by atoms with Crippen LogP contribution < -0.4 is 4.90 Å². The lowest BCUT2D eigenvalue weighted by Crippen LogP contribution is -2.53. The number of hydrogen-bond acceptors (Lipinski definition) is 7. The Labute approximate surface area is 233 Å². The van der Waals surface area contributed by atoms with Gasteiger partial charge in [0.05, 0.1) is 36.0 Å². The van der Waals surface area contributed by atoms with Crippen molar-refractivity contribution in [3.05, 3.63) is 76.4 Å². The number of aryl methyl sites for hydroxylation is 1. The quantitative estimate of drug-likeness (QED) is 0.388. The third kappa shape index (κ3) is 4.71. The van der Waals surface area contributed by atoms with Gasteiger partial charge in [0.15, 0.2) is 21.8 Å². The first-order valence-electron chi connectivity index (χ1n) is 12.9. The fraction of sp³-hybridized carbons (Fsp3) is 0.444. The Morgan fingerprint density at radius 2 is 1.90 bits per heavy atom. The van der Waals surface area contributed by atoms with E-state index in [1.54, 1.807) is 36.2 Å². The number of amides is 1. The molecule has 14 heteroatoms. The summed E-state index contributed by atoms with van der Waals surface area (Å²) in [5, 5.41) is 7.10. The summed E-state index contributed by atoms with van der Waals surface area (Å²) in [6.45, 7) is 0.374. The number of anilines is 1. The molecule has 6 rings (SSSR count). The van der Waals surface area contributed by atoms with Crippen molar-refractivity contribution in [2.75, 3.05) is 37.5 Å². The third-order valence-electron chi connectivity index (χ3n) is 8.25. The van der Waals surface area contributed by atoms with Crippen molar-refractivity contribution in [1.82, 2.24) is 19.7 Å². The fourth-order valence-electron chi connectivity index (χ4n) is 5.74. The number of fused-ring (bicyclic) bond motifs is 1. The average Bonchev–Trinajstić information content (AvgIpc) is 3.42. The van der Waals surface area contributed by atoms with Crippen LogP contribution in [0.2, 0.25) is 0 Å². The number of aromatic nitrogens is 3. The minimum atomic E-state index is -4.70. The maximum absolute atomic E-state index is 15.8. The summed E-state index contributed by atoms with van der Waals surface area (Å²) in [4.78, 5) is 16.5. The smallest absolute Gasteiger partial charge is 0.379 e. The minimum absolute atomic E-state index is 0.0513. The number of carbonyl (C=O) groups excluding carboxylic acids is 1. The van der Waals surface area contributed by atoms with Crippen molar-refractivity contribution in [3.8, 4) is 0 Å². The summed E-state index contributed by atoms with van der Waals surface area (Å²) in [5.41, 5.74) is -1.00. The van der Waals surface area contributed by atoms with Gasteiger partial charge in [-0.15, -0.1) is 10.2 Å². The van der Waals surface area contributed by atoms with E-state index >= 15 is 4.39 Å². The van der Waals surface area contributed by atoms with Gasteiger partial charge in [0.1, 0.15) is 6.33 Å². The van der Waals surface area contributed by atoms with E-state index in [1.165, 1.54) is 21.9 Å². The van der Waals surface area contributed by atoms with Crippen LogP contribution in [0.25, 0.3) is 0 Å². The highest BCUT2D eigenvalue weighted by Gasteiger charge is 2.51. The SMILES string of the molecule is Cn1cnnc1[C@H](F)C1(c2cccc(N3Cc4c(cc(CN5CC(S(C)(=O)=O)C5)cc4C(F)(F)F)C3=O)c2)COC1. The van der Waals surface area contributed by atoms with E-state index < -0.39 is 44.3 Å². The second-order valence-corrected chi connectivity index (χ2v) is 13.4. The zero-order valence-corrected chi connectivity index (χ0v) is 23.0. The van der Waals surface area contributed by atoms with Gasteiger partial charge in [0.25, 0.3) is 5.91 Å². The number of carbonyl (C=O) groups is 1. The monoisotopic (exact) mass is 593 g/mol. The molecule has 2 fully saturated rings. The maximum Gasteiger partial charge on any atom is 0.416 e. The molecule has 0 saturated carbocycles. The van der Waals surface area contributed by atoms with Gasteiger partial charge in [-0.1, -0.05) is 12.1 Å². The normalized spacial score (nSPS) is 20.0. The highest BCUT2D eigenvalue weighted by Crippen LogP contribution is 2.47. The molecular weight excluding hydrogens is 566 g/mol. The van der Waals surface area contributed by atoms with Gasteiger partial charge < -0.3 is 14.2 Å². The molecule has 3 aliphatic rings. The lowest BCUT2D eigenvalue weighted by atomic mass is 9.74. The van der Waals surface area contributed by atoms with E-state index in [9.17, 15) is 26.4 Å². The van der Waals surface area contributed by atoms with E-state index in [1.807, 2.05) is 0 Å². The van der Waals surface area contributed by atoms with Gasteiger partial charge >= 0.3 is 6.18 Å². The Bertz CT molecular complexity index is 1630. The van der Waals surface area contributed by atoms with Crippen LogP contribution in [0.1, 0.15) is 44.6 Å². The number of benzene rings is 2. The highest BCUT2D eigenvalue weighted by molar-refractivity contribution is 7.91. The molecule has 4 heterocycles. The number of sulfone groups is 1. The number of hydrogen-bond donors (Lipinski definition) is 0. The predicted octanol–water partition coefficient (Wildman–Crippen LogP) is 3.20. The number of nitrogens with zero attached hydrogens (tertiary/aromatic N) is 5. The Morgan fingerprint density at radius 3 is 2.49 bits per heavy atom. The first-order chi connectivity index (χ1) is 19.3. The van der Waals surface area contributed by atoms with Gasteiger partial charge in [0, 0.05) is 44.2 Å². The number of halogens is 4. The summed E-state index contributed by atoms with van der Waals surface area (Å²) < 4.78 is 88.6. The molecule has 1 amide bonds. The molecule has 0 bridgehead atoms. The molecule has 2 aromatic carbocycles. The van der Waals surface area contributed by atoms with Crippen molar-refractivity contribution >= 4 is 21.4 Å². The van der Waals surface area contributed by atoms with Crippen molar-refractivity contribution in [2.24, 2.45) is 7.05 Å². The lowest BCUT2D eigenvalue weighted by molar-refractivity contribution is -0.138. The van der Waals surface area contributed by atoms with E-state index in [0.717, 1.165) is 12.3 Å². The topological polar surface area (TPSA) is 97.6 Å². The zero-order chi connectivity index (χ0) is 29.3. The van der Waals surface area contributed by atoms with Crippen molar-refractivity contribution in [3.63, 3.8) is 0 Å². The van der Waals surface area contributed by atoms with E-state index in [-0.39, 0.29) is 61.9 Å². The molecule has 0 unspecified atom stereocenters. The first-order valence-corrected chi connectivity index (χ1v) is 14.9. The molecule has 0 radical (unpaired) electrons. The summed E-state index contributed by atoms with van der Waals surface area (Å²) in [6, 6.07) is 9.07. The molecule has 0 aliphatic carbocycles. The van der Waals surface area contributed by atoms with Crippen molar-refractivity contribution < 1.29 is 35.5 Å². The molecular formula is C27H27F4N5O4S. The van der Waals surface area contributed by atoms with Crippen molar-refractivity contribution in [2.45, 2.75) is 36.1 Å². The summed E-state index contributed by atoms with van der Waals surface area (Å²) >= 11 is 0. The predicted molar refractivity (Wildman–Crippen MR) is 140 cm³/mol. The Kier molecular flexibility index (Phi) is 6.51. The Hall–Kier alpha value is -3.36. The standard InChI is InChI=1S/C27H27F4N5O4S/c1-34-15-32-33-24(34)23(28)26(13-40-14-26)17-4-3-5-18(8-17)36-12-21-20(25(36)37)6-16(7-22(21)27(29,30)31)9-35-10-19(11-35)41(2,38)39/h3-8,15,19,23H,9-14H2,1-2H3/t23-/m0/s1. The molecule has 218 valence electrons. The van der Waals surface area contributed by atoms with Crippen LogP contribution in [-0.4, -0.2) is 71.8 Å². The summed E-state index contributed by atoms with van der Waals surface area (Å²) in [7, 11) is -1.60. The number of ether oxygens (including phenoxy) is 1. The van der Waals surface area contributed by atoms with Gasteiger partial charge in [-0.25, -0.2) is 12.8 Å². The van der Waals surface area contributed by atoms with Crippen LogP contribution in [0, 0.1) is 0 Å². The molecule has 0 spiro atoms. The van der Waals surface area contributed by atoms with Gasteiger partial charge in [0.2, 0.25) is 0 Å². The maximum atomic E-state index is 15.8. The number of rotatable bonds is 7. The van der Waals surface area contributed by atoms with Crippen LogP contribution in [0.4, 0.5) is 23.2 Å². The molecule has 9 nitrogen and oxygen atoms in total. The van der Waals surface area contributed by atoms with Gasteiger partial charge in [-0.3, -0.25) is 9.69 Å². The summed E-state index contributed by atoms with van der Waals surface area (Å²) in [5.74, 6) is -0.470. The molecule has 3 aliphatic heterocycles. The Balaban J connectivity index is 1.30. The minimum Gasteiger partial charge on any atom is -0.379 e. The number of alkyl halides is 4. The largest absolute Gasteiger partial charge is 0.416 e. The van der Waals surface area contributed by atoms with Crippen LogP contribution in [0.5, 0.6) is 0 Å². The van der Waals surface area contributed by atoms with Crippen LogP contribution in [0.15, 0.2) is 42.7 Å². The molecule has 1 atom stereocenters. The zero-order valence-electron chi connectivity index (χ0n) is 22.2. The average molecular weight is 594 g/mol. The second kappa shape index (κ2) is 9.60. The molecule has 1 aromatic heterocycles. The number of likely N-dealkylation sites (tertiary alicyclic amines) is 1. The van der Waals surface area contributed by atoms with Gasteiger partial charge in [-0.2, -0.15) is 13.2 Å². The summed E-state index contributed by atoms with van der Waals surface area (Å²) in [6.07, 6.45) is -3.73. The van der Waals surface area contributed by atoms with E-state index in [0.29, 0.717) is 11.3 Å². The molecule has 0 N–H and O–H groups in total.